The lowest BCUT2D eigenvalue weighted by Crippen LogP contribution is -2.15. The molecule has 2 aromatic heterocycles. The van der Waals surface area contributed by atoms with Crippen LogP contribution in [-0.2, 0) is 0 Å². The van der Waals surface area contributed by atoms with E-state index in [-0.39, 0.29) is 6.04 Å². The van der Waals surface area contributed by atoms with E-state index in [4.69, 9.17) is 5.73 Å². The topological polar surface area (TPSA) is 76.7 Å². The summed E-state index contributed by atoms with van der Waals surface area (Å²) in [6, 6.07) is 6.09. The number of nitrogens with two attached hydrogens (primary N) is 1. The fraction of sp³-hybridized carbons (Fsp3) is 0.400. The minimum Gasteiger partial charge on any atom is -0.368 e. The van der Waals surface area contributed by atoms with Crippen LogP contribution in [0.2, 0.25) is 0 Å². The maximum atomic E-state index is 5.70. The van der Waals surface area contributed by atoms with Crippen LogP contribution in [0.1, 0.15) is 37.6 Å². The van der Waals surface area contributed by atoms with E-state index in [9.17, 15) is 0 Å². The molecule has 1 unspecified atom stereocenters. The van der Waals surface area contributed by atoms with Gasteiger partial charge < -0.3 is 11.1 Å². The van der Waals surface area contributed by atoms with Crippen molar-refractivity contribution >= 4 is 11.8 Å². The molecule has 0 bridgehead atoms. The molecule has 20 heavy (non-hydrogen) atoms. The number of nitrogen functional groups attached to an aromatic ring is 1. The normalized spacial score (nSPS) is 12.4. The van der Waals surface area contributed by atoms with E-state index in [2.05, 4.69) is 40.2 Å². The molecule has 3 N–H and O–H groups in total. The summed E-state index contributed by atoms with van der Waals surface area (Å²) in [4.78, 5) is 12.5. The maximum Gasteiger partial charge on any atom is 0.222 e. The molecule has 5 heteroatoms. The Labute approximate surface area is 119 Å². The molecule has 2 heterocycles. The monoisotopic (exact) mass is 271 g/mol. The van der Waals surface area contributed by atoms with Crippen molar-refractivity contribution in [3.8, 4) is 0 Å². The zero-order chi connectivity index (χ0) is 14.5. The largest absolute Gasteiger partial charge is 0.368 e. The molecule has 2 rings (SSSR count). The Balaban J connectivity index is 2.23. The van der Waals surface area contributed by atoms with Crippen molar-refractivity contribution in [3.05, 3.63) is 41.9 Å². The number of pyridine rings is 1. The van der Waals surface area contributed by atoms with Crippen LogP contribution < -0.4 is 11.1 Å². The minimum atomic E-state index is 0.164. The van der Waals surface area contributed by atoms with Crippen LogP contribution in [-0.4, -0.2) is 15.0 Å². The second kappa shape index (κ2) is 6.32. The van der Waals surface area contributed by atoms with Gasteiger partial charge in [0.2, 0.25) is 5.95 Å². The molecule has 0 spiro atoms. The third kappa shape index (κ3) is 3.91. The highest BCUT2D eigenvalue weighted by Gasteiger charge is 2.14. The van der Waals surface area contributed by atoms with Gasteiger partial charge in [-0.05, 0) is 30.9 Å². The van der Waals surface area contributed by atoms with Crippen LogP contribution >= 0.6 is 0 Å². The summed E-state index contributed by atoms with van der Waals surface area (Å²) >= 11 is 0. The second-order valence-electron chi connectivity index (χ2n) is 5.37. The molecule has 0 saturated heterocycles. The van der Waals surface area contributed by atoms with Crippen molar-refractivity contribution < 1.29 is 0 Å². The van der Waals surface area contributed by atoms with Gasteiger partial charge in [-0.2, -0.15) is 4.98 Å². The summed E-state index contributed by atoms with van der Waals surface area (Å²) < 4.78 is 0. The SMILES string of the molecule is Cc1cc(NC(CC(C)C)c2cccnc2)nc(N)n1. The van der Waals surface area contributed by atoms with Crippen LogP contribution in [0.5, 0.6) is 0 Å². The van der Waals surface area contributed by atoms with Gasteiger partial charge in [0, 0.05) is 24.2 Å². The number of nitrogens with one attached hydrogen (secondary N) is 1. The van der Waals surface area contributed by atoms with Crippen molar-refractivity contribution in [2.75, 3.05) is 11.1 Å². The van der Waals surface area contributed by atoms with Crippen molar-refractivity contribution in [1.29, 1.82) is 0 Å². The van der Waals surface area contributed by atoms with Gasteiger partial charge in [0.25, 0.3) is 0 Å². The molecule has 0 aliphatic heterocycles. The van der Waals surface area contributed by atoms with Crippen molar-refractivity contribution in [2.24, 2.45) is 5.92 Å². The molecule has 0 amide bonds. The summed E-state index contributed by atoms with van der Waals surface area (Å²) in [5, 5.41) is 3.44. The van der Waals surface area contributed by atoms with E-state index in [0.717, 1.165) is 23.5 Å². The standard InChI is InChI=1S/C15H21N5/c1-10(2)7-13(12-5-4-6-17-9-12)19-14-8-11(3)18-15(16)20-14/h4-6,8-10,13H,7H2,1-3H3,(H3,16,18,19,20). The van der Waals surface area contributed by atoms with Crippen molar-refractivity contribution in [1.82, 2.24) is 15.0 Å². The zero-order valence-corrected chi connectivity index (χ0v) is 12.2. The number of aromatic nitrogens is 3. The van der Waals surface area contributed by atoms with Crippen LogP contribution in [0, 0.1) is 12.8 Å². The number of anilines is 2. The third-order valence-electron chi connectivity index (χ3n) is 2.99. The highest BCUT2D eigenvalue weighted by Crippen LogP contribution is 2.25. The van der Waals surface area contributed by atoms with Gasteiger partial charge in [-0.25, -0.2) is 4.98 Å². The Morgan fingerprint density at radius 1 is 1.30 bits per heavy atom. The van der Waals surface area contributed by atoms with E-state index in [1.165, 1.54) is 0 Å². The molecule has 2 aromatic rings. The van der Waals surface area contributed by atoms with Gasteiger partial charge in [-0.3, -0.25) is 4.98 Å². The Kier molecular flexibility index (Phi) is 4.50. The summed E-state index contributed by atoms with van der Waals surface area (Å²) in [7, 11) is 0. The van der Waals surface area contributed by atoms with Crippen molar-refractivity contribution in [2.45, 2.75) is 33.2 Å². The first-order chi connectivity index (χ1) is 9.54. The Bertz CT molecular complexity index is 533. The highest BCUT2D eigenvalue weighted by molar-refractivity contribution is 5.42. The van der Waals surface area contributed by atoms with E-state index >= 15 is 0 Å². The second-order valence-corrected chi connectivity index (χ2v) is 5.37. The quantitative estimate of drug-likeness (QED) is 0.874. The number of aryl methyl sites for hydroxylation is 1. The van der Waals surface area contributed by atoms with Crippen LogP contribution in [0.4, 0.5) is 11.8 Å². The predicted molar refractivity (Wildman–Crippen MR) is 81.2 cm³/mol. The Hall–Kier alpha value is -2.17. The van der Waals surface area contributed by atoms with Crippen LogP contribution in [0.15, 0.2) is 30.6 Å². The van der Waals surface area contributed by atoms with Crippen LogP contribution in [0.3, 0.4) is 0 Å². The number of rotatable bonds is 5. The van der Waals surface area contributed by atoms with Gasteiger partial charge >= 0.3 is 0 Å². The summed E-state index contributed by atoms with van der Waals surface area (Å²) in [5.41, 5.74) is 7.71. The predicted octanol–water partition coefficient (Wildman–Crippen LogP) is 2.96. The van der Waals surface area contributed by atoms with Gasteiger partial charge in [-0.1, -0.05) is 19.9 Å². The molecule has 5 nitrogen and oxygen atoms in total. The fourth-order valence-electron chi connectivity index (χ4n) is 2.18. The average Bonchev–Trinajstić information content (AvgIpc) is 2.37. The molecule has 0 radical (unpaired) electrons. The number of hydrogen-bond acceptors (Lipinski definition) is 5. The summed E-state index contributed by atoms with van der Waals surface area (Å²) in [5.74, 6) is 1.61. The first-order valence-electron chi connectivity index (χ1n) is 6.82. The molecule has 1 atom stereocenters. The lowest BCUT2D eigenvalue weighted by molar-refractivity contribution is 0.529. The van der Waals surface area contributed by atoms with Crippen molar-refractivity contribution in [3.63, 3.8) is 0 Å². The number of hydrogen-bond donors (Lipinski definition) is 2. The van der Waals surface area contributed by atoms with Gasteiger partial charge in [0.15, 0.2) is 0 Å². The molecular formula is C15H21N5. The summed E-state index contributed by atoms with van der Waals surface area (Å²) in [6.45, 7) is 6.31. The van der Waals surface area contributed by atoms with Crippen LogP contribution in [0.25, 0.3) is 0 Å². The highest BCUT2D eigenvalue weighted by atomic mass is 15.1. The molecule has 0 aliphatic carbocycles. The molecule has 0 aromatic carbocycles. The Morgan fingerprint density at radius 2 is 2.10 bits per heavy atom. The van der Waals surface area contributed by atoms with Gasteiger partial charge in [0.05, 0.1) is 6.04 Å². The fourth-order valence-corrected chi connectivity index (χ4v) is 2.18. The lowest BCUT2D eigenvalue weighted by atomic mass is 9.98. The van der Waals surface area contributed by atoms with Gasteiger partial charge in [-0.15, -0.1) is 0 Å². The molecule has 0 aliphatic rings. The maximum absolute atomic E-state index is 5.70. The smallest absolute Gasteiger partial charge is 0.222 e. The Morgan fingerprint density at radius 3 is 2.70 bits per heavy atom. The first-order valence-corrected chi connectivity index (χ1v) is 6.82. The molecule has 0 fully saturated rings. The lowest BCUT2D eigenvalue weighted by Gasteiger charge is -2.21. The average molecular weight is 271 g/mol. The third-order valence-corrected chi connectivity index (χ3v) is 2.99. The molecular weight excluding hydrogens is 250 g/mol. The number of nitrogens with zero attached hydrogens (tertiary/aromatic N) is 3. The summed E-state index contributed by atoms with van der Waals surface area (Å²) in [6.07, 6.45) is 4.66. The van der Waals surface area contributed by atoms with E-state index < -0.39 is 0 Å². The molecule has 0 saturated carbocycles. The van der Waals surface area contributed by atoms with E-state index in [0.29, 0.717) is 11.9 Å². The van der Waals surface area contributed by atoms with E-state index in [1.54, 1.807) is 6.20 Å². The molecule has 106 valence electrons. The van der Waals surface area contributed by atoms with E-state index in [1.807, 2.05) is 25.3 Å². The van der Waals surface area contributed by atoms with Gasteiger partial charge in [0.1, 0.15) is 5.82 Å². The minimum absolute atomic E-state index is 0.164. The first kappa shape index (κ1) is 14.2. The zero-order valence-electron chi connectivity index (χ0n) is 12.2.